The van der Waals surface area contributed by atoms with Crippen LogP contribution in [0.15, 0.2) is 34.8 Å². The van der Waals surface area contributed by atoms with Crippen molar-refractivity contribution in [2.45, 2.75) is 6.42 Å². The zero-order valence-corrected chi connectivity index (χ0v) is 14.3. The summed E-state index contributed by atoms with van der Waals surface area (Å²) in [5.41, 5.74) is 3.72. The number of amides is 1. The standard InChI is InChI=1S/C17H13BrClNO3/c18-13-7-10(8-15(21)16(13)22)6-12-11-5-9(3-4-19)1-2-14(11)20-17(12)23/h1-2,5-8,21-22H,3-4H2,(H,20,23). The van der Waals surface area contributed by atoms with Crippen LogP contribution in [-0.2, 0) is 11.2 Å². The van der Waals surface area contributed by atoms with E-state index in [1.54, 1.807) is 12.1 Å². The molecule has 118 valence electrons. The second-order valence-electron chi connectivity index (χ2n) is 5.20. The number of hydrogen-bond donors (Lipinski definition) is 3. The minimum Gasteiger partial charge on any atom is -0.504 e. The molecule has 0 aliphatic carbocycles. The Morgan fingerprint density at radius 1 is 1.22 bits per heavy atom. The molecule has 0 saturated heterocycles. The minimum atomic E-state index is -0.249. The molecular weight excluding hydrogens is 382 g/mol. The summed E-state index contributed by atoms with van der Waals surface area (Å²) >= 11 is 8.95. The number of alkyl halides is 1. The van der Waals surface area contributed by atoms with Gasteiger partial charge in [0.05, 0.1) is 4.47 Å². The zero-order valence-electron chi connectivity index (χ0n) is 11.9. The Morgan fingerprint density at radius 2 is 2.00 bits per heavy atom. The first kappa shape index (κ1) is 15.9. The van der Waals surface area contributed by atoms with Crippen LogP contribution in [0, 0.1) is 0 Å². The summed E-state index contributed by atoms with van der Waals surface area (Å²) in [6.45, 7) is 0. The third-order valence-corrected chi connectivity index (χ3v) is 4.42. The second kappa shape index (κ2) is 6.26. The van der Waals surface area contributed by atoms with Crippen LogP contribution in [0.1, 0.15) is 16.7 Å². The maximum absolute atomic E-state index is 12.2. The molecule has 4 nitrogen and oxygen atoms in total. The number of aromatic hydroxyl groups is 2. The van der Waals surface area contributed by atoms with E-state index < -0.39 is 0 Å². The lowest BCUT2D eigenvalue weighted by atomic mass is 10.0. The number of benzene rings is 2. The van der Waals surface area contributed by atoms with Crippen LogP contribution < -0.4 is 5.32 Å². The van der Waals surface area contributed by atoms with Crippen molar-refractivity contribution in [3.05, 3.63) is 51.5 Å². The van der Waals surface area contributed by atoms with Crippen molar-refractivity contribution < 1.29 is 15.0 Å². The number of phenols is 2. The van der Waals surface area contributed by atoms with Gasteiger partial charge in [0.15, 0.2) is 11.5 Å². The fourth-order valence-corrected chi connectivity index (χ4v) is 3.18. The highest BCUT2D eigenvalue weighted by molar-refractivity contribution is 9.10. The number of nitrogens with one attached hydrogen (secondary N) is 1. The molecule has 0 spiro atoms. The van der Waals surface area contributed by atoms with E-state index in [4.69, 9.17) is 11.6 Å². The van der Waals surface area contributed by atoms with E-state index >= 15 is 0 Å². The highest BCUT2D eigenvalue weighted by Gasteiger charge is 2.24. The van der Waals surface area contributed by atoms with Crippen molar-refractivity contribution in [2.24, 2.45) is 0 Å². The molecule has 3 rings (SSSR count). The highest BCUT2D eigenvalue weighted by atomic mass is 79.9. The molecule has 1 aliphatic rings. The van der Waals surface area contributed by atoms with Crippen molar-refractivity contribution in [1.82, 2.24) is 0 Å². The monoisotopic (exact) mass is 393 g/mol. The number of carbonyl (C=O) groups is 1. The molecule has 0 bridgehead atoms. The average molecular weight is 395 g/mol. The number of aryl methyl sites for hydroxylation is 1. The smallest absolute Gasteiger partial charge is 0.256 e. The van der Waals surface area contributed by atoms with Crippen molar-refractivity contribution in [2.75, 3.05) is 11.2 Å². The maximum atomic E-state index is 12.2. The summed E-state index contributed by atoms with van der Waals surface area (Å²) in [7, 11) is 0. The number of rotatable bonds is 3. The van der Waals surface area contributed by atoms with Crippen molar-refractivity contribution in [1.29, 1.82) is 0 Å². The van der Waals surface area contributed by atoms with Gasteiger partial charge in [0, 0.05) is 22.7 Å². The van der Waals surface area contributed by atoms with E-state index in [1.165, 1.54) is 6.07 Å². The van der Waals surface area contributed by atoms with Gasteiger partial charge in [-0.05, 0) is 63.8 Å². The molecule has 6 heteroatoms. The molecule has 1 aliphatic heterocycles. The van der Waals surface area contributed by atoms with Crippen LogP contribution >= 0.6 is 27.5 Å². The fourth-order valence-electron chi connectivity index (χ4n) is 2.50. The number of carbonyl (C=O) groups excluding carboxylic acids is 1. The molecule has 2 aromatic rings. The summed E-state index contributed by atoms with van der Waals surface area (Å²) in [5, 5.41) is 22.1. The summed E-state index contributed by atoms with van der Waals surface area (Å²) in [5.74, 6) is -0.168. The summed E-state index contributed by atoms with van der Waals surface area (Å²) in [4.78, 5) is 12.2. The molecule has 0 fully saturated rings. The van der Waals surface area contributed by atoms with Crippen LogP contribution in [0.4, 0.5) is 5.69 Å². The van der Waals surface area contributed by atoms with E-state index in [1.807, 2.05) is 18.2 Å². The Hall–Kier alpha value is -1.98. The Bertz CT molecular complexity index is 810. The largest absolute Gasteiger partial charge is 0.504 e. The topological polar surface area (TPSA) is 69.6 Å². The van der Waals surface area contributed by atoms with Crippen LogP contribution in [0.25, 0.3) is 11.6 Å². The van der Waals surface area contributed by atoms with Crippen LogP contribution in [0.3, 0.4) is 0 Å². The third-order valence-electron chi connectivity index (χ3n) is 3.63. The molecule has 3 N–H and O–H groups in total. The van der Waals surface area contributed by atoms with Gasteiger partial charge in [0.1, 0.15) is 0 Å². The summed E-state index contributed by atoms with van der Waals surface area (Å²) < 4.78 is 0.360. The van der Waals surface area contributed by atoms with Gasteiger partial charge in [0.2, 0.25) is 0 Å². The molecule has 0 saturated carbocycles. The van der Waals surface area contributed by atoms with Crippen molar-refractivity contribution >= 4 is 50.8 Å². The molecule has 0 atom stereocenters. The van der Waals surface area contributed by atoms with E-state index in [0.29, 0.717) is 21.5 Å². The average Bonchev–Trinajstić information content (AvgIpc) is 2.81. The molecular formula is C17H13BrClNO3. The number of halogens is 2. The Morgan fingerprint density at radius 3 is 2.70 bits per heavy atom. The maximum Gasteiger partial charge on any atom is 0.256 e. The lowest BCUT2D eigenvalue weighted by Crippen LogP contribution is -2.03. The van der Waals surface area contributed by atoms with Gasteiger partial charge < -0.3 is 15.5 Å². The van der Waals surface area contributed by atoms with Gasteiger partial charge in [-0.3, -0.25) is 4.79 Å². The van der Waals surface area contributed by atoms with Crippen molar-refractivity contribution in [3.63, 3.8) is 0 Å². The summed E-state index contributed by atoms with van der Waals surface area (Å²) in [6.07, 6.45) is 2.40. The van der Waals surface area contributed by atoms with Crippen LogP contribution in [0.2, 0.25) is 0 Å². The molecule has 1 heterocycles. The molecule has 0 radical (unpaired) electrons. The van der Waals surface area contributed by atoms with Gasteiger partial charge in [-0.15, -0.1) is 11.6 Å². The lowest BCUT2D eigenvalue weighted by Gasteiger charge is -2.05. The predicted molar refractivity (Wildman–Crippen MR) is 94.8 cm³/mol. The number of hydrogen-bond acceptors (Lipinski definition) is 3. The Balaban J connectivity index is 2.07. The van der Waals surface area contributed by atoms with Gasteiger partial charge in [-0.2, -0.15) is 0 Å². The second-order valence-corrected chi connectivity index (χ2v) is 6.43. The molecule has 2 aromatic carbocycles. The number of fused-ring (bicyclic) bond motifs is 1. The molecule has 23 heavy (non-hydrogen) atoms. The first-order chi connectivity index (χ1) is 11.0. The Kier molecular flexibility index (Phi) is 4.33. The third kappa shape index (κ3) is 3.07. The minimum absolute atomic E-state index is 0.202. The quantitative estimate of drug-likeness (QED) is 0.416. The normalized spacial score (nSPS) is 14.9. The van der Waals surface area contributed by atoms with Gasteiger partial charge >= 0.3 is 0 Å². The lowest BCUT2D eigenvalue weighted by molar-refractivity contribution is -0.110. The molecule has 0 unspecified atom stereocenters. The highest BCUT2D eigenvalue weighted by Crippen LogP contribution is 2.38. The van der Waals surface area contributed by atoms with E-state index in [0.717, 1.165) is 23.2 Å². The molecule has 0 aromatic heterocycles. The van der Waals surface area contributed by atoms with Crippen LogP contribution in [-0.4, -0.2) is 22.0 Å². The van der Waals surface area contributed by atoms with Gasteiger partial charge in [-0.1, -0.05) is 6.07 Å². The van der Waals surface area contributed by atoms with Gasteiger partial charge in [-0.25, -0.2) is 0 Å². The molecule has 1 amide bonds. The predicted octanol–water partition coefficient (Wildman–Crippen LogP) is 4.13. The van der Waals surface area contributed by atoms with Crippen molar-refractivity contribution in [3.8, 4) is 11.5 Å². The first-order valence-electron chi connectivity index (χ1n) is 6.93. The van der Waals surface area contributed by atoms with E-state index in [9.17, 15) is 15.0 Å². The zero-order chi connectivity index (χ0) is 16.6. The van der Waals surface area contributed by atoms with E-state index in [-0.39, 0.29) is 17.4 Å². The fraction of sp³-hybridized carbons (Fsp3) is 0.118. The van der Waals surface area contributed by atoms with Crippen LogP contribution in [0.5, 0.6) is 11.5 Å². The SMILES string of the molecule is O=C1Nc2ccc(CCCl)cc2C1=Cc1cc(O)c(O)c(Br)c1. The summed E-state index contributed by atoms with van der Waals surface area (Å²) in [6, 6.07) is 8.78. The number of phenolic OH excluding ortho intramolecular Hbond substituents is 2. The van der Waals surface area contributed by atoms with Gasteiger partial charge in [0.25, 0.3) is 5.91 Å². The van der Waals surface area contributed by atoms with E-state index in [2.05, 4.69) is 21.2 Å². The first-order valence-corrected chi connectivity index (χ1v) is 8.26. The number of anilines is 1. The Labute approximate surface area is 146 Å².